The van der Waals surface area contributed by atoms with E-state index in [1.807, 2.05) is 19.1 Å². The van der Waals surface area contributed by atoms with Gasteiger partial charge in [-0.05, 0) is 52.2 Å². The smallest absolute Gasteiger partial charge is 0.249 e. The van der Waals surface area contributed by atoms with Crippen LogP contribution in [0.4, 0.5) is 5.69 Å². The summed E-state index contributed by atoms with van der Waals surface area (Å²) >= 11 is 0. The number of aromatic nitrogens is 6. The normalized spacial score (nSPS) is 22.4. The van der Waals surface area contributed by atoms with Crippen molar-refractivity contribution >= 4 is 22.8 Å². The molecular weight excluding hydrogens is 480 g/mol. The Kier molecular flexibility index (Phi) is 5.15. The van der Waals surface area contributed by atoms with Gasteiger partial charge in [0.05, 0.1) is 18.8 Å². The zero-order valence-corrected chi connectivity index (χ0v) is 21.9. The summed E-state index contributed by atoms with van der Waals surface area (Å²) in [6.07, 6.45) is 8.44. The van der Waals surface area contributed by atoms with Crippen LogP contribution in [0.15, 0.2) is 36.9 Å². The maximum atomic E-state index is 13.6. The summed E-state index contributed by atoms with van der Waals surface area (Å²) in [5.41, 5.74) is 4.91. The summed E-state index contributed by atoms with van der Waals surface area (Å²) in [4.78, 5) is 38.9. The van der Waals surface area contributed by atoms with Crippen molar-refractivity contribution in [1.82, 2.24) is 34.4 Å². The SMILES string of the molecule is CCn1c(-c2cnc(C)nc2)nc2c(-c3ccc4c(c3)[C@@](C)(N3CCOCC35CCC5)C(=O)N4)ncnc21. The third-order valence-corrected chi connectivity index (χ3v) is 8.62. The number of morpholine rings is 1. The second-order valence-corrected chi connectivity index (χ2v) is 10.7. The van der Waals surface area contributed by atoms with Crippen molar-refractivity contribution in [3.63, 3.8) is 0 Å². The van der Waals surface area contributed by atoms with Crippen LogP contribution in [0.5, 0.6) is 0 Å². The Balaban J connectivity index is 1.37. The number of carbonyl (C=O) groups excluding carboxylic acids is 1. The second kappa shape index (κ2) is 8.37. The first-order chi connectivity index (χ1) is 18.4. The quantitative estimate of drug-likeness (QED) is 0.442. The Morgan fingerprint density at radius 1 is 1.11 bits per heavy atom. The van der Waals surface area contributed by atoms with Gasteiger partial charge in [-0.2, -0.15) is 0 Å². The van der Waals surface area contributed by atoms with Gasteiger partial charge in [-0.3, -0.25) is 9.69 Å². The van der Waals surface area contributed by atoms with Crippen molar-refractivity contribution in [2.24, 2.45) is 0 Å². The molecule has 2 fully saturated rings. The van der Waals surface area contributed by atoms with Gasteiger partial charge in [0.25, 0.3) is 0 Å². The molecule has 3 aromatic heterocycles. The van der Waals surface area contributed by atoms with E-state index in [-0.39, 0.29) is 11.4 Å². The van der Waals surface area contributed by atoms with Gasteiger partial charge >= 0.3 is 0 Å². The van der Waals surface area contributed by atoms with Crippen LogP contribution in [-0.4, -0.2) is 65.6 Å². The van der Waals surface area contributed by atoms with Gasteiger partial charge in [-0.15, -0.1) is 0 Å². The Morgan fingerprint density at radius 3 is 2.66 bits per heavy atom. The highest BCUT2D eigenvalue weighted by atomic mass is 16.5. The minimum Gasteiger partial charge on any atom is -0.378 e. The Morgan fingerprint density at radius 2 is 1.92 bits per heavy atom. The number of nitrogens with zero attached hydrogens (tertiary/aromatic N) is 7. The third-order valence-electron chi connectivity index (χ3n) is 8.62. The highest BCUT2D eigenvalue weighted by Gasteiger charge is 2.57. The summed E-state index contributed by atoms with van der Waals surface area (Å²) in [7, 11) is 0. The molecule has 4 aromatic rings. The summed E-state index contributed by atoms with van der Waals surface area (Å²) in [6.45, 7) is 8.72. The summed E-state index contributed by atoms with van der Waals surface area (Å²) in [6, 6.07) is 6.10. The van der Waals surface area contributed by atoms with Crippen LogP contribution in [-0.2, 0) is 21.6 Å². The van der Waals surface area contributed by atoms with E-state index in [4.69, 9.17) is 9.72 Å². The Labute approximate surface area is 220 Å². The molecule has 5 heterocycles. The van der Waals surface area contributed by atoms with Gasteiger partial charge < -0.3 is 14.6 Å². The number of ether oxygens (including phenoxy) is 1. The molecule has 3 aliphatic rings. The summed E-state index contributed by atoms with van der Waals surface area (Å²) in [5.74, 6) is 1.48. The molecule has 1 saturated carbocycles. The molecule has 38 heavy (non-hydrogen) atoms. The van der Waals surface area contributed by atoms with Crippen molar-refractivity contribution in [3.8, 4) is 22.6 Å². The van der Waals surface area contributed by atoms with Gasteiger partial charge in [-0.25, -0.2) is 24.9 Å². The van der Waals surface area contributed by atoms with E-state index in [2.05, 4.69) is 54.6 Å². The van der Waals surface area contributed by atoms with Gasteiger partial charge in [0, 0.05) is 47.8 Å². The van der Waals surface area contributed by atoms with Crippen molar-refractivity contribution in [2.75, 3.05) is 25.1 Å². The first-order valence-electron chi connectivity index (χ1n) is 13.3. The Hall–Kier alpha value is -3.76. The van der Waals surface area contributed by atoms with Crippen LogP contribution in [0.3, 0.4) is 0 Å². The molecule has 0 unspecified atom stereocenters. The molecular formula is C28H30N8O2. The van der Waals surface area contributed by atoms with Gasteiger partial charge in [0.1, 0.15) is 34.7 Å². The minimum atomic E-state index is -0.783. The number of aryl methyl sites for hydroxylation is 2. The highest BCUT2D eigenvalue weighted by Crippen LogP contribution is 2.50. The largest absolute Gasteiger partial charge is 0.378 e. The fourth-order valence-electron chi connectivity index (χ4n) is 6.44. The highest BCUT2D eigenvalue weighted by molar-refractivity contribution is 6.06. The predicted molar refractivity (Wildman–Crippen MR) is 142 cm³/mol. The van der Waals surface area contributed by atoms with Gasteiger partial charge in [0.15, 0.2) is 5.65 Å². The molecule has 10 heteroatoms. The number of anilines is 1. The number of nitrogens with one attached hydrogen (secondary N) is 1. The Bertz CT molecular complexity index is 1580. The van der Waals surface area contributed by atoms with E-state index >= 15 is 0 Å². The van der Waals surface area contributed by atoms with Gasteiger partial charge in [0.2, 0.25) is 5.91 Å². The van der Waals surface area contributed by atoms with E-state index in [0.717, 1.165) is 65.4 Å². The van der Waals surface area contributed by atoms with Crippen LogP contribution in [0.1, 0.15) is 44.5 Å². The standard InChI is InChI=1S/C28H30N8O2/c1-4-35-24(19-13-29-17(2)30-14-19)34-23-22(31-16-32-25(23)35)18-6-7-21-20(12-18)27(3,26(37)33-21)36-10-11-38-15-28(36)8-5-9-28/h6-7,12-14,16H,4-5,8-11,15H2,1-3H3,(H,33,37)/t27-/m1/s1. The molecule has 1 N–H and O–H groups in total. The average Bonchev–Trinajstić information content (AvgIpc) is 3.42. The number of fused-ring (bicyclic) bond motifs is 2. The van der Waals surface area contributed by atoms with Crippen LogP contribution in [0.25, 0.3) is 33.8 Å². The minimum absolute atomic E-state index is 0.0163. The van der Waals surface area contributed by atoms with Crippen LogP contribution in [0, 0.1) is 6.92 Å². The average molecular weight is 511 g/mol. The van der Waals surface area contributed by atoms with E-state index < -0.39 is 5.54 Å². The topological polar surface area (TPSA) is 111 Å². The molecule has 7 rings (SSSR count). The van der Waals surface area contributed by atoms with Crippen molar-refractivity contribution in [3.05, 3.63) is 48.3 Å². The van der Waals surface area contributed by atoms with Crippen LogP contribution in [0.2, 0.25) is 0 Å². The van der Waals surface area contributed by atoms with Crippen molar-refractivity contribution < 1.29 is 9.53 Å². The molecule has 1 spiro atoms. The van der Waals surface area contributed by atoms with E-state index in [1.54, 1.807) is 18.7 Å². The van der Waals surface area contributed by atoms with E-state index in [9.17, 15) is 4.79 Å². The van der Waals surface area contributed by atoms with Crippen LogP contribution < -0.4 is 5.32 Å². The number of hydrogen-bond acceptors (Lipinski definition) is 8. The first-order valence-corrected chi connectivity index (χ1v) is 13.3. The zero-order valence-electron chi connectivity index (χ0n) is 21.9. The van der Waals surface area contributed by atoms with Crippen LogP contribution >= 0.6 is 0 Å². The maximum absolute atomic E-state index is 13.6. The van der Waals surface area contributed by atoms with Crippen molar-refractivity contribution in [1.29, 1.82) is 0 Å². The lowest BCUT2D eigenvalue weighted by Crippen LogP contribution is -2.68. The number of imidazole rings is 1. The molecule has 0 bridgehead atoms. The molecule has 0 radical (unpaired) electrons. The lowest BCUT2D eigenvalue weighted by molar-refractivity contribution is -0.163. The number of rotatable bonds is 4. The van der Waals surface area contributed by atoms with E-state index in [1.165, 1.54) is 0 Å². The first kappa shape index (κ1) is 23.4. The molecule has 1 amide bonds. The second-order valence-electron chi connectivity index (χ2n) is 10.7. The number of amides is 1. The maximum Gasteiger partial charge on any atom is 0.249 e. The molecule has 10 nitrogen and oxygen atoms in total. The molecule has 2 aliphatic heterocycles. The summed E-state index contributed by atoms with van der Waals surface area (Å²) < 4.78 is 7.94. The monoisotopic (exact) mass is 510 g/mol. The van der Waals surface area contributed by atoms with Crippen molar-refractivity contribution in [2.45, 2.75) is 57.7 Å². The van der Waals surface area contributed by atoms with E-state index in [0.29, 0.717) is 31.1 Å². The lowest BCUT2D eigenvalue weighted by atomic mass is 9.71. The number of carbonyl (C=O) groups is 1. The third kappa shape index (κ3) is 3.19. The lowest BCUT2D eigenvalue weighted by Gasteiger charge is -2.57. The number of benzene rings is 1. The fraction of sp³-hybridized carbons (Fsp3) is 0.429. The molecule has 1 aromatic carbocycles. The molecule has 194 valence electrons. The molecule has 1 aliphatic carbocycles. The zero-order chi connectivity index (χ0) is 26.1. The molecule has 1 saturated heterocycles. The predicted octanol–water partition coefficient (Wildman–Crippen LogP) is 3.70. The number of hydrogen-bond donors (Lipinski definition) is 1. The fourth-order valence-corrected chi connectivity index (χ4v) is 6.44. The molecule has 1 atom stereocenters. The summed E-state index contributed by atoms with van der Waals surface area (Å²) in [5, 5.41) is 3.15. The van der Waals surface area contributed by atoms with Gasteiger partial charge in [-0.1, -0.05) is 6.07 Å².